The number of rotatable bonds is 8. The molecule has 0 nitrogen and oxygen atoms in total. The third kappa shape index (κ3) is 6.97. The standard InChI is InChI=1S/C70H52/c1-69(2)63-41-55-57(61-39-51(31-27-47-21-13-7-14-22-47)35-53-33-49(37-59(55)67(53)61)29-25-45-17-9-5-10-18-45)43-65(63)70(3,4)66-44-58-56(42-64(66)69)60-38-50(30-26-46-19-11-6-12-20-46)34-54-36-52(40-62(58)68(54)60)32-28-48-23-15-8-16-24-48/h5-44H,1-4H3. The molecule has 0 atom stereocenters. The Balaban J connectivity index is 0.979. The van der Waals surface area contributed by atoms with Crippen molar-refractivity contribution in [1.29, 1.82) is 0 Å². The van der Waals surface area contributed by atoms with Crippen LogP contribution in [0.25, 0.3) is 115 Å². The zero-order valence-electron chi connectivity index (χ0n) is 40.1. The highest BCUT2D eigenvalue weighted by molar-refractivity contribution is 6.18. The van der Waals surface area contributed by atoms with Crippen LogP contribution in [0.5, 0.6) is 0 Å². The van der Waals surface area contributed by atoms with Crippen molar-refractivity contribution >= 4 is 70.2 Å². The number of benzene rings is 10. The average Bonchev–Trinajstić information content (AvgIpc) is 3.87. The van der Waals surface area contributed by atoms with Gasteiger partial charge in [0.15, 0.2) is 0 Å². The van der Waals surface area contributed by atoms with Crippen LogP contribution >= 0.6 is 0 Å². The van der Waals surface area contributed by atoms with E-state index in [2.05, 4.69) is 270 Å². The summed E-state index contributed by atoms with van der Waals surface area (Å²) in [6.07, 6.45) is 18.1. The predicted octanol–water partition coefficient (Wildman–Crippen LogP) is 18.9. The highest BCUT2D eigenvalue weighted by Gasteiger charge is 2.44. The summed E-state index contributed by atoms with van der Waals surface area (Å²) in [5.41, 5.74) is 25.3. The van der Waals surface area contributed by atoms with Crippen molar-refractivity contribution in [1.82, 2.24) is 0 Å². The molecule has 0 aromatic heterocycles. The fourth-order valence-electron chi connectivity index (χ4n) is 11.8. The van der Waals surface area contributed by atoms with E-state index in [1.54, 1.807) is 0 Å². The van der Waals surface area contributed by atoms with Gasteiger partial charge in [-0.2, -0.15) is 0 Å². The summed E-state index contributed by atoms with van der Waals surface area (Å²) in [6.45, 7) is 9.85. The topological polar surface area (TPSA) is 0 Å². The lowest BCUT2D eigenvalue weighted by Crippen LogP contribution is -2.36. The maximum Gasteiger partial charge on any atom is 0.0153 e. The second-order valence-corrected chi connectivity index (χ2v) is 20.6. The molecule has 0 heteroatoms. The average molecular weight is 893 g/mol. The van der Waals surface area contributed by atoms with E-state index in [4.69, 9.17) is 0 Å². The van der Waals surface area contributed by atoms with Gasteiger partial charge in [-0.1, -0.05) is 198 Å². The highest BCUT2D eigenvalue weighted by Crippen LogP contribution is 2.59. The lowest BCUT2D eigenvalue weighted by molar-refractivity contribution is 0.521. The summed E-state index contributed by atoms with van der Waals surface area (Å²) in [5.74, 6) is 0. The van der Waals surface area contributed by atoms with Gasteiger partial charge in [0.2, 0.25) is 0 Å². The zero-order valence-corrected chi connectivity index (χ0v) is 40.1. The normalized spacial score (nSPS) is 14.6. The minimum atomic E-state index is -0.269. The zero-order chi connectivity index (χ0) is 47.1. The fraction of sp³-hybridized carbons (Fsp3) is 0.0857. The Morgan fingerprint density at radius 1 is 0.229 bits per heavy atom. The Morgan fingerprint density at radius 3 is 0.671 bits per heavy atom. The molecule has 0 unspecified atom stereocenters. The molecule has 0 fully saturated rings. The summed E-state index contributed by atoms with van der Waals surface area (Å²) >= 11 is 0. The molecule has 10 aromatic rings. The molecule has 0 saturated carbocycles. The van der Waals surface area contributed by atoms with Gasteiger partial charge >= 0.3 is 0 Å². The summed E-state index contributed by atoms with van der Waals surface area (Å²) in [5, 5.41) is 5.23. The first kappa shape index (κ1) is 41.8. The van der Waals surface area contributed by atoms with E-state index < -0.39 is 0 Å². The number of hydrogen-bond donors (Lipinski definition) is 0. The van der Waals surface area contributed by atoms with Crippen LogP contribution < -0.4 is 0 Å². The van der Waals surface area contributed by atoms with Gasteiger partial charge in [0.05, 0.1) is 0 Å². The van der Waals surface area contributed by atoms with Crippen LogP contribution in [0.2, 0.25) is 0 Å². The van der Waals surface area contributed by atoms with Crippen molar-refractivity contribution in [3.8, 4) is 44.5 Å². The molecule has 0 bridgehead atoms. The quantitative estimate of drug-likeness (QED) is 0.133. The molecule has 0 spiro atoms. The first-order chi connectivity index (χ1) is 34.2. The Morgan fingerprint density at radius 2 is 0.443 bits per heavy atom. The monoisotopic (exact) mass is 892 g/mol. The Kier molecular flexibility index (Phi) is 9.65. The van der Waals surface area contributed by atoms with E-state index >= 15 is 0 Å². The van der Waals surface area contributed by atoms with Crippen LogP contribution in [0.15, 0.2) is 194 Å². The molecule has 3 aliphatic rings. The molecule has 10 aromatic carbocycles. The Labute approximate surface area is 412 Å². The molecule has 0 heterocycles. The SMILES string of the molecule is CC1(C)c2cc3c(cc2C(C)(C)c2cc4c(cc21)-c1cc(C=Cc2ccccc2)cc2cc(C=Cc5ccccc5)cc-4c12)-c1cc(C=Cc2ccccc2)cc2cc(C=Cc4ccccc4)cc-3c12. The molecule has 0 saturated heterocycles. The molecule has 0 N–H and O–H groups in total. The molecule has 70 heavy (non-hydrogen) atoms. The lowest BCUT2D eigenvalue weighted by Gasteiger charge is -2.44. The summed E-state index contributed by atoms with van der Waals surface area (Å²) < 4.78 is 0. The van der Waals surface area contributed by atoms with Gasteiger partial charge in [-0.3, -0.25) is 0 Å². The third-order valence-corrected chi connectivity index (χ3v) is 15.4. The van der Waals surface area contributed by atoms with Crippen LogP contribution in [0.1, 0.15) is 94.5 Å². The van der Waals surface area contributed by atoms with Crippen molar-refractivity contribution in [3.05, 3.63) is 261 Å². The smallest absolute Gasteiger partial charge is 0.0153 e. The van der Waals surface area contributed by atoms with Gasteiger partial charge in [-0.05, 0) is 206 Å². The summed E-state index contributed by atoms with van der Waals surface area (Å²) in [4.78, 5) is 0. The van der Waals surface area contributed by atoms with Gasteiger partial charge in [-0.15, -0.1) is 0 Å². The second kappa shape index (κ2) is 16.2. The molecular formula is C70H52. The van der Waals surface area contributed by atoms with Crippen LogP contribution in [-0.2, 0) is 10.8 Å². The summed E-state index contributed by atoms with van der Waals surface area (Å²) in [7, 11) is 0. The fourth-order valence-corrected chi connectivity index (χ4v) is 11.8. The van der Waals surface area contributed by atoms with E-state index in [0.29, 0.717) is 0 Å². The minimum absolute atomic E-state index is 0.269. The Bertz CT molecular complexity index is 3380. The van der Waals surface area contributed by atoms with E-state index in [0.717, 1.165) is 0 Å². The van der Waals surface area contributed by atoms with Crippen molar-refractivity contribution in [2.24, 2.45) is 0 Å². The van der Waals surface area contributed by atoms with Crippen LogP contribution in [0.4, 0.5) is 0 Å². The van der Waals surface area contributed by atoms with Crippen molar-refractivity contribution in [3.63, 3.8) is 0 Å². The third-order valence-electron chi connectivity index (χ3n) is 15.4. The summed E-state index contributed by atoms with van der Waals surface area (Å²) in [6, 6.07) is 72.0. The predicted molar refractivity (Wildman–Crippen MR) is 302 cm³/mol. The first-order valence-electron chi connectivity index (χ1n) is 24.7. The van der Waals surface area contributed by atoms with Gasteiger partial charge in [0.25, 0.3) is 0 Å². The van der Waals surface area contributed by atoms with Gasteiger partial charge < -0.3 is 0 Å². The van der Waals surface area contributed by atoms with E-state index in [1.807, 2.05) is 0 Å². The molecule has 0 amide bonds. The van der Waals surface area contributed by atoms with Gasteiger partial charge in [-0.25, -0.2) is 0 Å². The van der Waals surface area contributed by atoms with Gasteiger partial charge in [0.1, 0.15) is 0 Å². The lowest BCUT2D eigenvalue weighted by atomic mass is 9.59. The number of hydrogen-bond acceptors (Lipinski definition) is 0. The van der Waals surface area contributed by atoms with Crippen LogP contribution in [0, 0.1) is 0 Å². The van der Waals surface area contributed by atoms with Crippen molar-refractivity contribution in [2.45, 2.75) is 38.5 Å². The highest BCUT2D eigenvalue weighted by atomic mass is 14.5. The second-order valence-electron chi connectivity index (χ2n) is 20.6. The van der Waals surface area contributed by atoms with Crippen molar-refractivity contribution < 1.29 is 0 Å². The minimum Gasteiger partial charge on any atom is -0.0622 e. The van der Waals surface area contributed by atoms with Crippen LogP contribution in [-0.4, -0.2) is 0 Å². The molecule has 332 valence electrons. The first-order valence-corrected chi connectivity index (χ1v) is 24.7. The largest absolute Gasteiger partial charge is 0.0622 e. The number of fused-ring (bicyclic) bond motifs is 8. The maximum atomic E-state index is 2.58. The van der Waals surface area contributed by atoms with Gasteiger partial charge in [0, 0.05) is 10.8 Å². The molecule has 0 aliphatic heterocycles. The molecule has 0 radical (unpaired) electrons. The molecule has 3 aliphatic carbocycles. The Hall–Kier alpha value is -8.32. The van der Waals surface area contributed by atoms with Crippen LogP contribution in [0.3, 0.4) is 0 Å². The van der Waals surface area contributed by atoms with E-state index in [1.165, 1.54) is 133 Å². The van der Waals surface area contributed by atoms with E-state index in [9.17, 15) is 0 Å². The van der Waals surface area contributed by atoms with E-state index in [-0.39, 0.29) is 10.8 Å². The molecule has 13 rings (SSSR count). The van der Waals surface area contributed by atoms with Crippen molar-refractivity contribution in [2.75, 3.05) is 0 Å². The molecular weight excluding hydrogens is 841 g/mol. The maximum absolute atomic E-state index is 2.58.